The number of ether oxygens (including phenoxy) is 2. The van der Waals surface area contributed by atoms with Gasteiger partial charge in [-0.1, -0.05) is 6.07 Å². The molecule has 0 aliphatic carbocycles. The fourth-order valence-corrected chi connectivity index (χ4v) is 1.45. The highest BCUT2D eigenvalue weighted by Crippen LogP contribution is 2.32. The van der Waals surface area contributed by atoms with Crippen LogP contribution in [0.3, 0.4) is 0 Å². The summed E-state index contributed by atoms with van der Waals surface area (Å²) in [4.78, 5) is 23.8. The standard InChI is InChI=1S/C11H9NO4/c13-6-12-11(14)4-2-8-1-3-9-10(5-8)16-7-15-9/h1,3,5H,2,4,7H2. The van der Waals surface area contributed by atoms with Gasteiger partial charge in [-0.3, -0.25) is 4.79 Å². The monoisotopic (exact) mass is 219 g/mol. The van der Waals surface area contributed by atoms with E-state index in [4.69, 9.17) is 9.47 Å². The van der Waals surface area contributed by atoms with E-state index in [-0.39, 0.29) is 13.2 Å². The van der Waals surface area contributed by atoms with Crippen molar-refractivity contribution in [2.24, 2.45) is 4.99 Å². The lowest BCUT2D eigenvalue weighted by Gasteiger charge is -2.00. The Labute approximate surface area is 91.7 Å². The molecule has 0 aromatic heterocycles. The molecule has 0 N–H and O–H groups in total. The molecular formula is C11H9NO4. The van der Waals surface area contributed by atoms with Gasteiger partial charge in [0, 0.05) is 6.42 Å². The molecule has 0 bridgehead atoms. The smallest absolute Gasteiger partial charge is 0.256 e. The van der Waals surface area contributed by atoms with Crippen LogP contribution in [0.5, 0.6) is 11.5 Å². The third-order valence-corrected chi connectivity index (χ3v) is 2.23. The second-order valence-corrected chi connectivity index (χ2v) is 3.28. The summed E-state index contributed by atoms with van der Waals surface area (Å²) in [6.45, 7) is 0.229. The summed E-state index contributed by atoms with van der Waals surface area (Å²) in [6.07, 6.45) is 1.93. The lowest BCUT2D eigenvalue weighted by atomic mass is 10.1. The number of carbonyl (C=O) groups excluding carboxylic acids is 2. The first kappa shape index (κ1) is 10.4. The maximum Gasteiger partial charge on any atom is 0.256 e. The fourth-order valence-electron chi connectivity index (χ4n) is 1.45. The molecule has 5 nitrogen and oxygen atoms in total. The number of isocyanates is 1. The van der Waals surface area contributed by atoms with E-state index < -0.39 is 5.91 Å². The van der Waals surface area contributed by atoms with E-state index in [1.54, 1.807) is 6.07 Å². The van der Waals surface area contributed by atoms with Crippen molar-refractivity contribution in [3.8, 4) is 11.5 Å². The van der Waals surface area contributed by atoms with Crippen molar-refractivity contribution in [3.63, 3.8) is 0 Å². The molecule has 0 saturated heterocycles. The lowest BCUT2D eigenvalue weighted by Crippen LogP contribution is -1.96. The van der Waals surface area contributed by atoms with E-state index in [0.717, 1.165) is 5.56 Å². The van der Waals surface area contributed by atoms with E-state index in [0.29, 0.717) is 17.9 Å². The number of rotatable bonds is 3. The molecule has 1 aromatic carbocycles. The average molecular weight is 219 g/mol. The van der Waals surface area contributed by atoms with Gasteiger partial charge >= 0.3 is 0 Å². The topological polar surface area (TPSA) is 65.0 Å². The van der Waals surface area contributed by atoms with Crippen molar-refractivity contribution in [1.82, 2.24) is 0 Å². The molecule has 0 radical (unpaired) electrons. The summed E-state index contributed by atoms with van der Waals surface area (Å²) in [7, 11) is 0. The molecule has 1 aliphatic rings. The molecule has 0 saturated carbocycles. The summed E-state index contributed by atoms with van der Waals surface area (Å²) >= 11 is 0. The number of benzene rings is 1. The minimum Gasteiger partial charge on any atom is -0.454 e. The molecule has 0 atom stereocenters. The van der Waals surface area contributed by atoms with Gasteiger partial charge in [-0.25, -0.2) is 4.79 Å². The Morgan fingerprint density at radius 3 is 3.00 bits per heavy atom. The summed E-state index contributed by atoms with van der Waals surface area (Å²) < 4.78 is 10.4. The lowest BCUT2D eigenvalue weighted by molar-refractivity contribution is -0.117. The van der Waals surface area contributed by atoms with Gasteiger partial charge in [-0.15, -0.1) is 4.99 Å². The average Bonchev–Trinajstić information content (AvgIpc) is 2.74. The minimum absolute atomic E-state index is 0.189. The number of fused-ring (bicyclic) bond motifs is 1. The van der Waals surface area contributed by atoms with E-state index in [1.165, 1.54) is 6.08 Å². The number of hydrogen-bond donors (Lipinski definition) is 0. The van der Waals surface area contributed by atoms with Gasteiger partial charge in [0.2, 0.25) is 12.9 Å². The Bertz CT molecular complexity index is 463. The zero-order chi connectivity index (χ0) is 11.4. The minimum atomic E-state index is -0.465. The van der Waals surface area contributed by atoms with E-state index >= 15 is 0 Å². The molecule has 1 amide bonds. The summed E-state index contributed by atoms with van der Waals surface area (Å²) in [6, 6.07) is 5.47. The Balaban J connectivity index is 2.00. The van der Waals surface area contributed by atoms with Gasteiger partial charge in [0.15, 0.2) is 11.5 Å². The predicted molar refractivity (Wildman–Crippen MR) is 54.0 cm³/mol. The first-order valence-electron chi connectivity index (χ1n) is 4.79. The van der Waals surface area contributed by atoms with Crippen LogP contribution in [0.2, 0.25) is 0 Å². The van der Waals surface area contributed by atoms with Crippen LogP contribution in [-0.4, -0.2) is 18.8 Å². The van der Waals surface area contributed by atoms with Crippen molar-refractivity contribution < 1.29 is 19.1 Å². The van der Waals surface area contributed by atoms with Crippen LogP contribution >= 0.6 is 0 Å². The van der Waals surface area contributed by atoms with Crippen LogP contribution in [0.15, 0.2) is 23.2 Å². The van der Waals surface area contributed by atoms with Crippen molar-refractivity contribution in [2.45, 2.75) is 12.8 Å². The second kappa shape index (κ2) is 4.59. The molecule has 1 aromatic rings. The van der Waals surface area contributed by atoms with Crippen molar-refractivity contribution in [3.05, 3.63) is 23.8 Å². The van der Waals surface area contributed by atoms with Crippen LogP contribution in [0, 0.1) is 0 Å². The largest absolute Gasteiger partial charge is 0.454 e. The number of aryl methyl sites for hydroxylation is 1. The second-order valence-electron chi connectivity index (χ2n) is 3.28. The molecule has 5 heteroatoms. The van der Waals surface area contributed by atoms with Gasteiger partial charge in [0.1, 0.15) is 0 Å². The number of amides is 1. The third kappa shape index (κ3) is 2.27. The van der Waals surface area contributed by atoms with Gasteiger partial charge in [0.25, 0.3) is 5.91 Å². The van der Waals surface area contributed by atoms with E-state index in [2.05, 4.69) is 4.99 Å². The quantitative estimate of drug-likeness (QED) is 0.566. The zero-order valence-electron chi connectivity index (χ0n) is 8.43. The molecule has 2 rings (SSSR count). The van der Waals surface area contributed by atoms with E-state index in [1.807, 2.05) is 12.1 Å². The molecule has 0 unspecified atom stereocenters. The highest BCUT2D eigenvalue weighted by atomic mass is 16.7. The van der Waals surface area contributed by atoms with Crippen LogP contribution in [0.1, 0.15) is 12.0 Å². The van der Waals surface area contributed by atoms with E-state index in [9.17, 15) is 9.59 Å². The van der Waals surface area contributed by atoms with Crippen LogP contribution in [0.4, 0.5) is 0 Å². The number of hydrogen-bond acceptors (Lipinski definition) is 4. The van der Waals surface area contributed by atoms with Crippen LogP contribution in [-0.2, 0) is 16.0 Å². The Morgan fingerprint density at radius 1 is 1.38 bits per heavy atom. The Hall–Kier alpha value is -2.13. The molecule has 82 valence electrons. The number of nitrogens with zero attached hydrogens (tertiary/aromatic N) is 1. The molecule has 0 spiro atoms. The van der Waals surface area contributed by atoms with Gasteiger partial charge in [0.05, 0.1) is 0 Å². The van der Waals surface area contributed by atoms with Gasteiger partial charge in [-0.2, -0.15) is 0 Å². The predicted octanol–water partition coefficient (Wildman–Crippen LogP) is 1.21. The summed E-state index contributed by atoms with van der Waals surface area (Å²) in [5.74, 6) is 0.928. The Kier molecular flexibility index (Phi) is 2.98. The summed E-state index contributed by atoms with van der Waals surface area (Å²) in [5.41, 5.74) is 0.943. The molecule has 0 fully saturated rings. The highest BCUT2D eigenvalue weighted by Gasteiger charge is 2.13. The molecular weight excluding hydrogens is 210 g/mol. The SMILES string of the molecule is O=C=NC(=O)CCc1ccc2c(c1)OCO2. The molecule has 1 aliphatic heterocycles. The molecule has 16 heavy (non-hydrogen) atoms. The normalized spacial score (nSPS) is 12.0. The maximum atomic E-state index is 11.0. The van der Waals surface area contributed by atoms with Crippen molar-refractivity contribution >= 4 is 12.0 Å². The van der Waals surface area contributed by atoms with Gasteiger partial charge in [-0.05, 0) is 24.1 Å². The highest BCUT2D eigenvalue weighted by molar-refractivity contribution is 5.81. The third-order valence-electron chi connectivity index (χ3n) is 2.23. The Morgan fingerprint density at radius 2 is 2.19 bits per heavy atom. The fraction of sp³-hybridized carbons (Fsp3) is 0.273. The van der Waals surface area contributed by atoms with Crippen molar-refractivity contribution in [2.75, 3.05) is 6.79 Å². The molecule has 1 heterocycles. The first-order chi connectivity index (χ1) is 7.79. The summed E-state index contributed by atoms with van der Waals surface area (Å²) in [5, 5.41) is 0. The first-order valence-corrected chi connectivity index (χ1v) is 4.79. The number of aliphatic imine (C=N–C) groups is 1. The zero-order valence-corrected chi connectivity index (χ0v) is 8.43. The van der Waals surface area contributed by atoms with Crippen LogP contribution < -0.4 is 9.47 Å². The van der Waals surface area contributed by atoms with Gasteiger partial charge < -0.3 is 9.47 Å². The van der Waals surface area contributed by atoms with Crippen LogP contribution in [0.25, 0.3) is 0 Å². The maximum absolute atomic E-state index is 11.0. The number of carbonyl (C=O) groups is 1. The van der Waals surface area contributed by atoms with Crippen molar-refractivity contribution in [1.29, 1.82) is 0 Å².